The summed E-state index contributed by atoms with van der Waals surface area (Å²) in [7, 11) is 1.60. The highest BCUT2D eigenvalue weighted by molar-refractivity contribution is 5.84. The van der Waals surface area contributed by atoms with Gasteiger partial charge in [-0.2, -0.15) is 0 Å². The van der Waals surface area contributed by atoms with Gasteiger partial charge in [0.05, 0.1) is 6.61 Å². The highest BCUT2D eigenvalue weighted by atomic mass is 16.5. The molecule has 21 heavy (non-hydrogen) atoms. The van der Waals surface area contributed by atoms with E-state index < -0.39 is 0 Å². The third kappa shape index (κ3) is 5.18. The van der Waals surface area contributed by atoms with Crippen LogP contribution in [0.2, 0.25) is 0 Å². The summed E-state index contributed by atoms with van der Waals surface area (Å²) in [6, 6.07) is -0.378. The molecule has 0 fully saturated rings. The Kier molecular flexibility index (Phi) is 7.45. The summed E-state index contributed by atoms with van der Waals surface area (Å²) in [6.07, 6.45) is 2.28. The molecule has 1 amide bonds. The van der Waals surface area contributed by atoms with Crippen molar-refractivity contribution in [1.82, 2.24) is 15.3 Å². The van der Waals surface area contributed by atoms with Crippen LogP contribution in [-0.2, 0) is 16.0 Å². The molecule has 7 nitrogen and oxygen atoms in total. The molecule has 0 aliphatic rings. The molecule has 118 valence electrons. The van der Waals surface area contributed by atoms with Crippen LogP contribution in [0.4, 0.5) is 11.6 Å². The lowest BCUT2D eigenvalue weighted by molar-refractivity contribution is -0.121. The molecule has 1 unspecified atom stereocenters. The van der Waals surface area contributed by atoms with Crippen molar-refractivity contribution in [2.45, 2.75) is 33.2 Å². The number of ether oxygens (including phenoxy) is 1. The number of carbonyl (C=O) groups excluding carboxylic acids is 1. The molecule has 0 aromatic carbocycles. The zero-order chi connectivity index (χ0) is 15.7. The summed E-state index contributed by atoms with van der Waals surface area (Å²) in [5, 5.41) is 9.14. The van der Waals surface area contributed by atoms with E-state index in [9.17, 15) is 4.79 Å². The van der Waals surface area contributed by atoms with Crippen molar-refractivity contribution in [3.63, 3.8) is 0 Å². The van der Waals surface area contributed by atoms with Gasteiger partial charge in [-0.15, -0.1) is 0 Å². The third-order valence-electron chi connectivity index (χ3n) is 3.00. The van der Waals surface area contributed by atoms with Crippen LogP contribution in [0.5, 0.6) is 0 Å². The van der Waals surface area contributed by atoms with Gasteiger partial charge in [0.25, 0.3) is 0 Å². The van der Waals surface area contributed by atoms with Crippen molar-refractivity contribution in [2.75, 3.05) is 37.4 Å². The van der Waals surface area contributed by atoms with Gasteiger partial charge in [-0.3, -0.25) is 4.79 Å². The van der Waals surface area contributed by atoms with Crippen molar-refractivity contribution in [3.8, 4) is 0 Å². The average molecular weight is 295 g/mol. The first-order chi connectivity index (χ1) is 10.1. The van der Waals surface area contributed by atoms with E-state index in [2.05, 4.69) is 25.9 Å². The van der Waals surface area contributed by atoms with Crippen molar-refractivity contribution >= 4 is 17.5 Å². The standard InChI is InChI=1S/C14H25N5O2/c1-5-11-12(15-6-2)17-9-18-13(11)19-10(3)14(20)16-7-8-21-4/h9-10H,5-8H2,1-4H3,(H,16,20)(H2,15,17,18,19). The molecule has 1 atom stereocenters. The minimum absolute atomic E-state index is 0.0854. The molecule has 3 N–H and O–H groups in total. The summed E-state index contributed by atoms with van der Waals surface area (Å²) in [4.78, 5) is 20.4. The monoisotopic (exact) mass is 295 g/mol. The van der Waals surface area contributed by atoms with E-state index in [0.29, 0.717) is 19.0 Å². The van der Waals surface area contributed by atoms with Crippen LogP contribution in [0.1, 0.15) is 26.3 Å². The van der Waals surface area contributed by atoms with Gasteiger partial charge in [0.2, 0.25) is 5.91 Å². The van der Waals surface area contributed by atoms with Crippen LogP contribution in [-0.4, -0.2) is 48.7 Å². The van der Waals surface area contributed by atoms with Gasteiger partial charge >= 0.3 is 0 Å². The molecule has 7 heteroatoms. The molecule has 0 saturated heterocycles. The summed E-state index contributed by atoms with van der Waals surface area (Å²) < 4.78 is 4.91. The van der Waals surface area contributed by atoms with Gasteiger partial charge in [-0.1, -0.05) is 6.92 Å². The molecule has 0 radical (unpaired) electrons. The molecular weight excluding hydrogens is 270 g/mol. The Bertz CT molecular complexity index is 453. The van der Waals surface area contributed by atoms with Crippen LogP contribution in [0.15, 0.2) is 6.33 Å². The summed E-state index contributed by atoms with van der Waals surface area (Å²) in [6.45, 7) is 7.63. The van der Waals surface area contributed by atoms with Gasteiger partial charge in [0.1, 0.15) is 24.0 Å². The Morgan fingerprint density at radius 3 is 2.67 bits per heavy atom. The van der Waals surface area contributed by atoms with E-state index in [-0.39, 0.29) is 11.9 Å². The number of nitrogens with zero attached hydrogens (tertiary/aromatic N) is 2. The van der Waals surface area contributed by atoms with Gasteiger partial charge in [0, 0.05) is 25.8 Å². The zero-order valence-electron chi connectivity index (χ0n) is 13.2. The van der Waals surface area contributed by atoms with E-state index in [1.807, 2.05) is 13.8 Å². The van der Waals surface area contributed by atoms with Crippen molar-refractivity contribution in [3.05, 3.63) is 11.9 Å². The number of rotatable bonds is 9. The maximum atomic E-state index is 11.9. The lowest BCUT2D eigenvalue weighted by Crippen LogP contribution is -2.39. The molecule has 0 saturated carbocycles. The molecule has 0 spiro atoms. The lowest BCUT2D eigenvalue weighted by Gasteiger charge is -2.18. The molecule has 1 aromatic rings. The number of carbonyl (C=O) groups is 1. The fourth-order valence-electron chi connectivity index (χ4n) is 1.89. The number of hydrogen-bond donors (Lipinski definition) is 3. The van der Waals surface area contributed by atoms with Crippen LogP contribution < -0.4 is 16.0 Å². The SMILES string of the molecule is CCNc1ncnc(NC(C)C(=O)NCCOC)c1CC. The quantitative estimate of drug-likeness (QED) is 0.590. The molecule has 0 aliphatic heterocycles. The predicted molar refractivity (Wildman–Crippen MR) is 83.5 cm³/mol. The minimum Gasteiger partial charge on any atom is -0.383 e. The molecule has 0 bridgehead atoms. The van der Waals surface area contributed by atoms with Gasteiger partial charge in [-0.05, 0) is 20.3 Å². The van der Waals surface area contributed by atoms with Crippen molar-refractivity contribution in [1.29, 1.82) is 0 Å². The van der Waals surface area contributed by atoms with Gasteiger partial charge < -0.3 is 20.7 Å². The van der Waals surface area contributed by atoms with E-state index in [4.69, 9.17) is 4.74 Å². The van der Waals surface area contributed by atoms with Crippen molar-refractivity contribution in [2.24, 2.45) is 0 Å². The van der Waals surface area contributed by atoms with Crippen LogP contribution in [0.3, 0.4) is 0 Å². The molecule has 1 rings (SSSR count). The zero-order valence-corrected chi connectivity index (χ0v) is 13.2. The summed E-state index contributed by atoms with van der Waals surface area (Å²) in [5.74, 6) is 1.42. The predicted octanol–water partition coefficient (Wildman–Crippen LogP) is 1.03. The van der Waals surface area contributed by atoms with Gasteiger partial charge in [-0.25, -0.2) is 9.97 Å². The Balaban J connectivity index is 2.72. The van der Waals surface area contributed by atoms with E-state index in [1.165, 1.54) is 6.33 Å². The number of anilines is 2. The van der Waals surface area contributed by atoms with Crippen molar-refractivity contribution < 1.29 is 9.53 Å². The molecule has 1 aromatic heterocycles. The van der Waals surface area contributed by atoms with E-state index in [0.717, 1.165) is 24.3 Å². The lowest BCUT2D eigenvalue weighted by atomic mass is 10.2. The first-order valence-electron chi connectivity index (χ1n) is 7.24. The molecular formula is C14H25N5O2. The fraction of sp³-hybridized carbons (Fsp3) is 0.643. The second-order valence-corrected chi connectivity index (χ2v) is 4.58. The third-order valence-corrected chi connectivity index (χ3v) is 3.00. The maximum Gasteiger partial charge on any atom is 0.242 e. The summed E-state index contributed by atoms with van der Waals surface area (Å²) in [5.41, 5.74) is 0.982. The number of hydrogen-bond acceptors (Lipinski definition) is 6. The fourth-order valence-corrected chi connectivity index (χ4v) is 1.89. The first kappa shape index (κ1) is 17.2. The Morgan fingerprint density at radius 1 is 1.33 bits per heavy atom. The Morgan fingerprint density at radius 2 is 2.05 bits per heavy atom. The number of methoxy groups -OCH3 is 1. The average Bonchev–Trinajstić information content (AvgIpc) is 2.48. The van der Waals surface area contributed by atoms with Crippen LogP contribution in [0, 0.1) is 0 Å². The summed E-state index contributed by atoms with van der Waals surface area (Å²) >= 11 is 0. The van der Waals surface area contributed by atoms with E-state index >= 15 is 0 Å². The van der Waals surface area contributed by atoms with Crippen LogP contribution >= 0.6 is 0 Å². The second kappa shape index (κ2) is 9.12. The largest absolute Gasteiger partial charge is 0.383 e. The molecule has 1 heterocycles. The second-order valence-electron chi connectivity index (χ2n) is 4.58. The highest BCUT2D eigenvalue weighted by Crippen LogP contribution is 2.20. The highest BCUT2D eigenvalue weighted by Gasteiger charge is 2.16. The normalized spacial score (nSPS) is 11.8. The van der Waals surface area contributed by atoms with E-state index in [1.54, 1.807) is 14.0 Å². The molecule has 0 aliphatic carbocycles. The van der Waals surface area contributed by atoms with Crippen LogP contribution in [0.25, 0.3) is 0 Å². The first-order valence-corrected chi connectivity index (χ1v) is 7.24. The van der Waals surface area contributed by atoms with Gasteiger partial charge in [0.15, 0.2) is 0 Å². The smallest absolute Gasteiger partial charge is 0.242 e. The minimum atomic E-state index is -0.378. The number of nitrogens with one attached hydrogen (secondary N) is 3. The number of amides is 1. The Hall–Kier alpha value is -1.89. The number of aromatic nitrogens is 2. The topological polar surface area (TPSA) is 88.2 Å². The Labute approximate surface area is 125 Å². The maximum absolute atomic E-state index is 11.9.